The molecule has 0 bridgehead atoms. The summed E-state index contributed by atoms with van der Waals surface area (Å²) >= 11 is 0. The lowest BCUT2D eigenvalue weighted by atomic mass is 10.1. The SMILES string of the molecule is C.CC(=O)O.CC(=O)OC(C)=O.COC(=O)C(C)(C)O.COC(=O)C(C)(C)OC=O.O=CO. The van der Waals surface area contributed by atoms with Gasteiger partial charge >= 0.3 is 23.9 Å². The van der Waals surface area contributed by atoms with Crippen LogP contribution in [0.2, 0.25) is 0 Å². The Bertz CT molecular complexity index is 572. The Labute approximate surface area is 192 Å². The minimum Gasteiger partial charge on any atom is -0.483 e. The smallest absolute Gasteiger partial charge is 0.349 e. The van der Waals surface area contributed by atoms with Crippen molar-refractivity contribution in [1.29, 1.82) is 0 Å². The molecule has 0 aromatic heterocycles. The Morgan fingerprint density at radius 2 is 1.06 bits per heavy atom. The van der Waals surface area contributed by atoms with Crippen LogP contribution in [0.5, 0.6) is 0 Å². The van der Waals surface area contributed by atoms with Gasteiger partial charge in [0, 0.05) is 20.8 Å². The van der Waals surface area contributed by atoms with Crippen molar-refractivity contribution in [2.45, 2.75) is 67.1 Å². The van der Waals surface area contributed by atoms with E-state index in [4.69, 9.17) is 24.9 Å². The van der Waals surface area contributed by atoms with Crippen LogP contribution in [0, 0.1) is 0 Å². The van der Waals surface area contributed by atoms with Crippen LogP contribution in [0.4, 0.5) is 0 Å². The van der Waals surface area contributed by atoms with Crippen molar-refractivity contribution in [3.8, 4) is 0 Å². The minimum absolute atomic E-state index is 0. The predicted molar refractivity (Wildman–Crippen MR) is 113 cm³/mol. The Hall–Kier alpha value is -3.55. The van der Waals surface area contributed by atoms with E-state index in [0.29, 0.717) is 0 Å². The van der Waals surface area contributed by atoms with E-state index in [1.165, 1.54) is 55.8 Å². The maximum Gasteiger partial charge on any atom is 0.349 e. The molecule has 196 valence electrons. The van der Waals surface area contributed by atoms with Crippen LogP contribution in [0.1, 0.15) is 55.9 Å². The molecule has 0 unspecified atom stereocenters. The largest absolute Gasteiger partial charge is 0.483 e. The zero-order chi connectivity index (χ0) is 27.1. The van der Waals surface area contributed by atoms with Crippen LogP contribution in [-0.2, 0) is 52.5 Å². The highest BCUT2D eigenvalue weighted by molar-refractivity contribution is 5.82. The van der Waals surface area contributed by atoms with E-state index in [9.17, 15) is 24.0 Å². The number of carboxylic acids is 1. The fraction of sp³-hybridized carbons (Fsp3) is 0.632. The van der Waals surface area contributed by atoms with Crippen LogP contribution < -0.4 is 0 Å². The molecule has 0 atom stereocenters. The average Bonchev–Trinajstić information content (AvgIpc) is 2.59. The molecule has 0 saturated heterocycles. The number of hydrogen-bond donors (Lipinski definition) is 3. The van der Waals surface area contributed by atoms with E-state index in [-0.39, 0.29) is 20.4 Å². The molecule has 0 radical (unpaired) electrons. The van der Waals surface area contributed by atoms with Gasteiger partial charge in [-0.25, -0.2) is 9.59 Å². The first-order chi connectivity index (χ1) is 14.3. The highest BCUT2D eigenvalue weighted by Gasteiger charge is 2.30. The van der Waals surface area contributed by atoms with Gasteiger partial charge in [0.1, 0.15) is 0 Å². The van der Waals surface area contributed by atoms with Crippen LogP contribution in [0.25, 0.3) is 0 Å². The number of methoxy groups -OCH3 is 2. The molecule has 0 fully saturated rings. The quantitative estimate of drug-likeness (QED) is 0.213. The number of carbonyl (C=O) groups excluding carboxylic acids is 5. The number of aliphatic carboxylic acids is 1. The molecule has 3 N–H and O–H groups in total. The molecule has 0 aromatic carbocycles. The van der Waals surface area contributed by atoms with Crippen LogP contribution in [0.15, 0.2) is 0 Å². The normalized spacial score (nSPS) is 8.55. The lowest BCUT2D eigenvalue weighted by molar-refractivity contribution is -0.169. The van der Waals surface area contributed by atoms with Crippen molar-refractivity contribution in [2.75, 3.05) is 14.2 Å². The summed E-state index contributed by atoms with van der Waals surface area (Å²) in [6.45, 7) is 9.07. The average molecular weight is 488 g/mol. The van der Waals surface area contributed by atoms with Crippen LogP contribution in [0.3, 0.4) is 0 Å². The van der Waals surface area contributed by atoms with Crippen LogP contribution in [-0.4, -0.2) is 83.5 Å². The number of rotatable bonds is 4. The number of carboxylic acid groups (broad SMARTS) is 2. The second-order valence-corrected chi connectivity index (χ2v) is 5.98. The number of esters is 4. The van der Waals surface area contributed by atoms with Crippen molar-refractivity contribution >= 4 is 42.8 Å². The van der Waals surface area contributed by atoms with Gasteiger partial charge in [0.05, 0.1) is 14.2 Å². The van der Waals surface area contributed by atoms with Crippen molar-refractivity contribution in [3.63, 3.8) is 0 Å². The third-order valence-electron chi connectivity index (χ3n) is 1.99. The fourth-order valence-corrected chi connectivity index (χ4v) is 0.866. The van der Waals surface area contributed by atoms with Gasteiger partial charge in [0.2, 0.25) is 5.60 Å². The van der Waals surface area contributed by atoms with Crippen LogP contribution >= 0.6 is 0 Å². The monoisotopic (exact) mass is 488 g/mol. The standard InChI is InChI=1S/C6H10O4.C5H10O3.C4H6O3.C2H4O2.CH2O2.CH4/c1-6(2,10-4-7)5(8)9-3;1-5(2,7)4(6)8-3;1-3(5)7-4(2)6;1-2(3)4;2-1-3;/h4H,1-3H3;7H,1-3H3;1-2H3;1H3,(H,3,4);1H,(H,2,3);1H4. The molecule has 0 rings (SSSR count). The van der Waals surface area contributed by atoms with Gasteiger partial charge in [-0.3, -0.25) is 24.0 Å². The summed E-state index contributed by atoms with van der Waals surface area (Å²) < 4.78 is 17.0. The van der Waals surface area contributed by atoms with Gasteiger partial charge in [0.25, 0.3) is 18.9 Å². The lowest BCUT2D eigenvalue weighted by Crippen LogP contribution is -2.35. The number of carbonyl (C=O) groups is 7. The zero-order valence-corrected chi connectivity index (χ0v) is 19.5. The van der Waals surface area contributed by atoms with E-state index < -0.39 is 41.0 Å². The topological polar surface area (TPSA) is 217 Å². The molecule has 14 nitrogen and oxygen atoms in total. The molecule has 0 spiro atoms. The molecule has 0 heterocycles. The Kier molecular flexibility index (Phi) is 32.5. The molecular weight excluding hydrogens is 452 g/mol. The maximum absolute atomic E-state index is 10.7. The van der Waals surface area contributed by atoms with Crippen molar-refractivity contribution in [2.24, 2.45) is 0 Å². The zero-order valence-electron chi connectivity index (χ0n) is 19.5. The first-order valence-corrected chi connectivity index (χ1v) is 8.27. The molecular formula is C19H36O14. The summed E-state index contributed by atoms with van der Waals surface area (Å²) in [5.41, 5.74) is -2.52. The van der Waals surface area contributed by atoms with Gasteiger partial charge in [-0.15, -0.1) is 0 Å². The summed E-state index contributed by atoms with van der Waals surface area (Å²) in [4.78, 5) is 67.9. The molecule has 0 aliphatic rings. The number of hydrogen-bond acceptors (Lipinski definition) is 12. The van der Waals surface area contributed by atoms with Gasteiger partial charge in [-0.1, -0.05) is 7.43 Å². The molecule has 33 heavy (non-hydrogen) atoms. The fourth-order valence-electron chi connectivity index (χ4n) is 0.866. The summed E-state index contributed by atoms with van der Waals surface area (Å²) in [6.07, 6.45) is 0. The van der Waals surface area contributed by atoms with E-state index >= 15 is 0 Å². The second-order valence-electron chi connectivity index (χ2n) is 5.98. The first-order valence-electron chi connectivity index (χ1n) is 8.27. The van der Waals surface area contributed by atoms with Crippen molar-refractivity contribution in [3.05, 3.63) is 0 Å². The third kappa shape index (κ3) is 47.6. The summed E-state index contributed by atoms with van der Waals surface area (Å²) in [5.74, 6) is -3.14. The van der Waals surface area contributed by atoms with Gasteiger partial charge in [-0.05, 0) is 27.7 Å². The first kappa shape index (κ1) is 43.3. The maximum atomic E-state index is 10.7. The molecule has 0 aromatic rings. The second kappa shape index (κ2) is 24.7. The van der Waals surface area contributed by atoms with Gasteiger partial charge < -0.3 is 34.3 Å². The van der Waals surface area contributed by atoms with E-state index in [1.54, 1.807) is 0 Å². The van der Waals surface area contributed by atoms with Crippen molar-refractivity contribution in [1.82, 2.24) is 0 Å². The Morgan fingerprint density at radius 3 is 1.15 bits per heavy atom. The van der Waals surface area contributed by atoms with E-state index in [1.807, 2.05) is 0 Å². The summed E-state index contributed by atoms with van der Waals surface area (Å²) in [5, 5.41) is 23.1. The Balaban J connectivity index is -0.0000000724. The summed E-state index contributed by atoms with van der Waals surface area (Å²) in [7, 11) is 2.47. The number of aliphatic hydroxyl groups is 1. The number of ether oxygens (including phenoxy) is 4. The molecule has 14 heteroatoms. The Morgan fingerprint density at radius 1 is 0.788 bits per heavy atom. The highest BCUT2D eigenvalue weighted by atomic mass is 16.6. The molecule has 0 aliphatic heterocycles. The molecule has 0 amide bonds. The van der Waals surface area contributed by atoms with E-state index in [0.717, 1.165) is 6.92 Å². The highest BCUT2D eigenvalue weighted by Crippen LogP contribution is 2.08. The minimum atomic E-state index is -1.35. The summed E-state index contributed by atoms with van der Waals surface area (Å²) in [6, 6.07) is 0. The van der Waals surface area contributed by atoms with Crippen molar-refractivity contribution < 1.29 is 67.8 Å². The third-order valence-corrected chi connectivity index (χ3v) is 1.99. The van der Waals surface area contributed by atoms with Gasteiger partial charge in [0.15, 0.2) is 5.60 Å². The lowest BCUT2D eigenvalue weighted by Gasteiger charge is -2.18. The molecule has 0 aliphatic carbocycles. The van der Waals surface area contributed by atoms with E-state index in [2.05, 4.69) is 18.9 Å². The predicted octanol–water partition coefficient (Wildman–Crippen LogP) is 0.565. The molecule has 0 saturated carbocycles. The van der Waals surface area contributed by atoms with Gasteiger partial charge in [-0.2, -0.15) is 0 Å².